The van der Waals surface area contributed by atoms with E-state index >= 15 is 0 Å². The molecule has 0 unspecified atom stereocenters. The van der Waals surface area contributed by atoms with Crippen LogP contribution in [0, 0.1) is 17.1 Å². The second-order valence-electron chi connectivity index (χ2n) is 2.91. The van der Waals surface area contributed by atoms with Crippen molar-refractivity contribution in [2.24, 2.45) is 0 Å². The minimum absolute atomic E-state index is 0.0522. The van der Waals surface area contributed by atoms with Crippen LogP contribution >= 0.6 is 15.9 Å². The van der Waals surface area contributed by atoms with E-state index in [0.717, 1.165) is 0 Å². The van der Waals surface area contributed by atoms with Crippen LogP contribution in [0.1, 0.15) is 0 Å². The highest BCUT2D eigenvalue weighted by atomic mass is 79.9. The van der Waals surface area contributed by atoms with Crippen molar-refractivity contribution in [2.45, 2.75) is 0 Å². The lowest BCUT2D eigenvalue weighted by Gasteiger charge is -2.07. The average Bonchev–Trinajstić information content (AvgIpc) is 2.25. The molecule has 0 radical (unpaired) electrons. The lowest BCUT2D eigenvalue weighted by Crippen LogP contribution is -2.30. The first-order valence-electron chi connectivity index (χ1n) is 4.46. The Hall–Kier alpha value is -1.61. The summed E-state index contributed by atoms with van der Waals surface area (Å²) in [4.78, 5) is 11.1. The van der Waals surface area contributed by atoms with Gasteiger partial charge in [0.15, 0.2) is 0 Å². The van der Waals surface area contributed by atoms with E-state index in [4.69, 9.17) is 5.26 Å². The largest absolute Gasteiger partial charge is 0.374 e. The van der Waals surface area contributed by atoms with Crippen molar-refractivity contribution >= 4 is 27.5 Å². The van der Waals surface area contributed by atoms with Gasteiger partial charge >= 0.3 is 0 Å². The standard InChI is InChI=1S/C10H9BrFN3O/c11-7-1-2-9(8(12)5-7)15-6-10(16)14-4-3-13/h1-2,5,15H,4,6H2,(H,14,16). The van der Waals surface area contributed by atoms with Crippen LogP contribution in [0.2, 0.25) is 0 Å². The summed E-state index contributed by atoms with van der Waals surface area (Å²) < 4.78 is 13.9. The van der Waals surface area contributed by atoms with E-state index in [1.54, 1.807) is 12.1 Å². The fourth-order valence-corrected chi connectivity index (χ4v) is 1.34. The average molecular weight is 286 g/mol. The van der Waals surface area contributed by atoms with Gasteiger partial charge in [0.1, 0.15) is 12.4 Å². The van der Waals surface area contributed by atoms with Gasteiger partial charge in [0, 0.05) is 4.47 Å². The topological polar surface area (TPSA) is 64.9 Å². The van der Waals surface area contributed by atoms with Gasteiger partial charge in [0.2, 0.25) is 5.91 Å². The number of nitriles is 1. The lowest BCUT2D eigenvalue weighted by atomic mass is 10.3. The van der Waals surface area contributed by atoms with Crippen LogP contribution < -0.4 is 10.6 Å². The van der Waals surface area contributed by atoms with Crippen molar-refractivity contribution in [1.29, 1.82) is 5.26 Å². The monoisotopic (exact) mass is 285 g/mol. The Balaban J connectivity index is 2.49. The number of benzene rings is 1. The van der Waals surface area contributed by atoms with Crippen LogP contribution in [-0.2, 0) is 4.79 Å². The van der Waals surface area contributed by atoms with Gasteiger partial charge in [-0.15, -0.1) is 0 Å². The van der Waals surface area contributed by atoms with Gasteiger partial charge in [-0.2, -0.15) is 5.26 Å². The smallest absolute Gasteiger partial charge is 0.240 e. The fraction of sp³-hybridized carbons (Fsp3) is 0.200. The number of amides is 1. The van der Waals surface area contributed by atoms with Crippen molar-refractivity contribution < 1.29 is 9.18 Å². The second-order valence-corrected chi connectivity index (χ2v) is 3.83. The Morgan fingerprint density at radius 1 is 1.56 bits per heavy atom. The van der Waals surface area contributed by atoms with Gasteiger partial charge in [0.05, 0.1) is 18.3 Å². The molecule has 1 aromatic carbocycles. The Labute approximate surface area is 101 Å². The van der Waals surface area contributed by atoms with Crippen molar-refractivity contribution in [3.63, 3.8) is 0 Å². The highest BCUT2D eigenvalue weighted by Gasteiger charge is 2.04. The van der Waals surface area contributed by atoms with E-state index < -0.39 is 5.82 Å². The molecule has 0 saturated carbocycles. The van der Waals surface area contributed by atoms with E-state index in [2.05, 4.69) is 26.6 Å². The third kappa shape index (κ3) is 3.87. The number of hydrogen-bond donors (Lipinski definition) is 2. The Morgan fingerprint density at radius 2 is 2.31 bits per heavy atom. The maximum atomic E-state index is 13.3. The summed E-state index contributed by atoms with van der Waals surface area (Å²) in [6.07, 6.45) is 0. The zero-order valence-electron chi connectivity index (χ0n) is 8.26. The van der Waals surface area contributed by atoms with Crippen molar-refractivity contribution in [3.05, 3.63) is 28.5 Å². The molecule has 1 amide bonds. The molecule has 84 valence electrons. The molecule has 0 aliphatic rings. The van der Waals surface area contributed by atoms with Crippen LogP contribution in [-0.4, -0.2) is 19.0 Å². The number of carbonyl (C=O) groups is 1. The SMILES string of the molecule is N#CCNC(=O)CNc1ccc(Br)cc1F. The summed E-state index contributed by atoms with van der Waals surface area (Å²) in [5, 5.41) is 13.2. The molecule has 0 aromatic heterocycles. The number of anilines is 1. The van der Waals surface area contributed by atoms with Gasteiger partial charge in [0.25, 0.3) is 0 Å². The van der Waals surface area contributed by atoms with E-state index in [1.165, 1.54) is 12.1 Å². The van der Waals surface area contributed by atoms with Crippen molar-refractivity contribution in [1.82, 2.24) is 5.32 Å². The summed E-state index contributed by atoms with van der Waals surface area (Å²) >= 11 is 3.13. The second kappa shape index (κ2) is 6.08. The summed E-state index contributed by atoms with van der Waals surface area (Å²) in [5.74, 6) is -0.800. The van der Waals surface area contributed by atoms with E-state index in [1.807, 2.05) is 0 Å². The van der Waals surface area contributed by atoms with Crippen molar-refractivity contribution in [2.75, 3.05) is 18.4 Å². The van der Waals surface area contributed by atoms with Gasteiger partial charge in [-0.05, 0) is 18.2 Å². The molecule has 0 aliphatic heterocycles. The van der Waals surface area contributed by atoms with Crippen LogP contribution in [0.4, 0.5) is 10.1 Å². The van der Waals surface area contributed by atoms with Gasteiger partial charge in [-0.3, -0.25) is 4.79 Å². The predicted octanol–water partition coefficient (Wildman–Crippen LogP) is 1.64. The summed E-state index contributed by atoms with van der Waals surface area (Å²) in [6.45, 7) is -0.121. The van der Waals surface area contributed by atoms with Crippen LogP contribution in [0.25, 0.3) is 0 Å². The van der Waals surface area contributed by atoms with E-state index in [9.17, 15) is 9.18 Å². The maximum Gasteiger partial charge on any atom is 0.240 e. The molecule has 0 bridgehead atoms. The first-order chi connectivity index (χ1) is 7.63. The molecule has 4 nitrogen and oxygen atoms in total. The molecule has 0 fully saturated rings. The molecule has 1 rings (SSSR count). The van der Waals surface area contributed by atoms with Gasteiger partial charge < -0.3 is 10.6 Å². The van der Waals surface area contributed by atoms with Crippen LogP contribution in [0.15, 0.2) is 22.7 Å². The highest BCUT2D eigenvalue weighted by molar-refractivity contribution is 9.10. The number of rotatable bonds is 4. The number of halogens is 2. The first-order valence-corrected chi connectivity index (χ1v) is 5.25. The van der Waals surface area contributed by atoms with Gasteiger partial charge in [-0.25, -0.2) is 4.39 Å². The van der Waals surface area contributed by atoms with Crippen LogP contribution in [0.5, 0.6) is 0 Å². The third-order valence-electron chi connectivity index (χ3n) is 1.74. The quantitative estimate of drug-likeness (QED) is 0.827. The molecule has 0 heterocycles. The molecule has 0 atom stereocenters. The number of nitrogens with one attached hydrogen (secondary N) is 2. The molecule has 0 aliphatic carbocycles. The first kappa shape index (κ1) is 12.5. The Kier molecular flexibility index (Phi) is 4.73. The van der Waals surface area contributed by atoms with Crippen molar-refractivity contribution in [3.8, 4) is 6.07 Å². The van der Waals surface area contributed by atoms with Crippen LogP contribution in [0.3, 0.4) is 0 Å². The summed E-state index contributed by atoms with van der Waals surface area (Å²) in [7, 11) is 0. The predicted molar refractivity (Wildman–Crippen MR) is 61.2 cm³/mol. The number of nitrogens with zero attached hydrogens (tertiary/aromatic N) is 1. The Bertz CT molecular complexity index is 431. The van der Waals surface area contributed by atoms with Gasteiger partial charge in [-0.1, -0.05) is 15.9 Å². The number of hydrogen-bond acceptors (Lipinski definition) is 3. The number of carbonyl (C=O) groups excluding carboxylic acids is 1. The molecule has 0 spiro atoms. The zero-order chi connectivity index (χ0) is 12.0. The van der Waals surface area contributed by atoms with E-state index in [-0.39, 0.29) is 24.7 Å². The molecule has 6 heteroatoms. The molecule has 1 aromatic rings. The highest BCUT2D eigenvalue weighted by Crippen LogP contribution is 2.18. The molecular formula is C10H9BrFN3O. The Morgan fingerprint density at radius 3 is 2.94 bits per heavy atom. The molecule has 2 N–H and O–H groups in total. The fourth-order valence-electron chi connectivity index (χ4n) is 1.01. The third-order valence-corrected chi connectivity index (χ3v) is 2.23. The normalized spacial score (nSPS) is 9.31. The molecule has 0 saturated heterocycles. The molecule has 16 heavy (non-hydrogen) atoms. The maximum absolute atomic E-state index is 13.3. The minimum atomic E-state index is -0.442. The minimum Gasteiger partial charge on any atom is -0.374 e. The van der Waals surface area contributed by atoms with E-state index in [0.29, 0.717) is 4.47 Å². The molecular weight excluding hydrogens is 277 g/mol. The lowest BCUT2D eigenvalue weighted by molar-refractivity contribution is -0.119. The summed E-state index contributed by atoms with van der Waals surface area (Å²) in [6, 6.07) is 6.27. The summed E-state index contributed by atoms with van der Waals surface area (Å²) in [5.41, 5.74) is 0.246. The zero-order valence-corrected chi connectivity index (χ0v) is 9.84.